The highest BCUT2D eigenvalue weighted by molar-refractivity contribution is 5.20. The van der Waals surface area contributed by atoms with Gasteiger partial charge in [-0.1, -0.05) is 0 Å². The van der Waals surface area contributed by atoms with Gasteiger partial charge in [0.1, 0.15) is 6.61 Å². The van der Waals surface area contributed by atoms with E-state index in [1.807, 2.05) is 0 Å². The van der Waals surface area contributed by atoms with E-state index in [0.29, 0.717) is 6.61 Å². The van der Waals surface area contributed by atoms with E-state index in [-0.39, 0.29) is 5.88 Å². The molecule has 0 aromatic carbocycles. The molecule has 0 bridgehead atoms. The van der Waals surface area contributed by atoms with Gasteiger partial charge in [0.05, 0.1) is 5.56 Å². The first-order valence-corrected chi connectivity index (χ1v) is 6.52. The number of alkyl halides is 3. The Morgan fingerprint density at radius 1 is 1.20 bits per heavy atom. The van der Waals surface area contributed by atoms with Crippen LogP contribution in [0.4, 0.5) is 13.2 Å². The van der Waals surface area contributed by atoms with Gasteiger partial charge >= 0.3 is 6.18 Å². The van der Waals surface area contributed by atoms with E-state index in [1.165, 1.54) is 6.07 Å². The number of piperazine rings is 1. The molecular formula is C13H18F3N3O. The Morgan fingerprint density at radius 2 is 1.90 bits per heavy atom. The maximum absolute atomic E-state index is 12.4. The zero-order chi connectivity index (χ0) is 14.6. The Labute approximate surface area is 116 Å². The highest BCUT2D eigenvalue weighted by Gasteiger charge is 2.30. The molecule has 7 heteroatoms. The summed E-state index contributed by atoms with van der Waals surface area (Å²) in [5, 5.41) is 0. The lowest BCUT2D eigenvalue weighted by atomic mass is 10.3. The molecule has 1 aliphatic heterocycles. The Balaban J connectivity index is 1.74. The maximum atomic E-state index is 12.4. The van der Waals surface area contributed by atoms with Gasteiger partial charge in [-0.3, -0.25) is 4.90 Å². The van der Waals surface area contributed by atoms with E-state index in [1.54, 1.807) is 0 Å². The number of likely N-dealkylation sites (N-methyl/N-ethyl adjacent to an activating group) is 1. The molecular weight excluding hydrogens is 271 g/mol. The molecule has 0 spiro atoms. The first-order chi connectivity index (χ1) is 9.45. The van der Waals surface area contributed by atoms with E-state index in [0.717, 1.165) is 45.0 Å². The predicted molar refractivity (Wildman–Crippen MR) is 68.7 cm³/mol. The third kappa shape index (κ3) is 4.35. The van der Waals surface area contributed by atoms with Crippen molar-refractivity contribution in [3.05, 3.63) is 23.9 Å². The number of hydrogen-bond acceptors (Lipinski definition) is 4. The van der Waals surface area contributed by atoms with Crippen molar-refractivity contribution in [2.45, 2.75) is 6.18 Å². The van der Waals surface area contributed by atoms with Crippen molar-refractivity contribution in [2.24, 2.45) is 0 Å². The molecule has 112 valence electrons. The van der Waals surface area contributed by atoms with E-state index in [4.69, 9.17) is 4.74 Å². The summed E-state index contributed by atoms with van der Waals surface area (Å²) < 4.78 is 42.4. The van der Waals surface area contributed by atoms with Crippen LogP contribution < -0.4 is 4.74 Å². The molecule has 0 unspecified atom stereocenters. The van der Waals surface area contributed by atoms with Crippen molar-refractivity contribution in [1.29, 1.82) is 0 Å². The summed E-state index contributed by atoms with van der Waals surface area (Å²) in [6.07, 6.45) is -3.56. The largest absolute Gasteiger partial charge is 0.476 e. The van der Waals surface area contributed by atoms with Crippen molar-refractivity contribution in [2.75, 3.05) is 46.4 Å². The summed E-state index contributed by atoms with van der Waals surface area (Å²) in [4.78, 5) is 8.20. The van der Waals surface area contributed by atoms with Crippen molar-refractivity contribution >= 4 is 0 Å². The number of rotatable bonds is 4. The van der Waals surface area contributed by atoms with Crippen LogP contribution in [-0.4, -0.2) is 61.2 Å². The first kappa shape index (κ1) is 15.1. The average molecular weight is 289 g/mol. The lowest BCUT2D eigenvalue weighted by molar-refractivity contribution is -0.137. The van der Waals surface area contributed by atoms with Crippen LogP contribution >= 0.6 is 0 Å². The van der Waals surface area contributed by atoms with Gasteiger partial charge in [-0.15, -0.1) is 0 Å². The zero-order valence-electron chi connectivity index (χ0n) is 11.4. The lowest BCUT2D eigenvalue weighted by Crippen LogP contribution is -2.45. The first-order valence-electron chi connectivity index (χ1n) is 6.52. The predicted octanol–water partition coefficient (Wildman–Crippen LogP) is 1.73. The fraction of sp³-hybridized carbons (Fsp3) is 0.615. The third-order valence-electron chi connectivity index (χ3n) is 3.32. The van der Waals surface area contributed by atoms with Gasteiger partial charge < -0.3 is 9.64 Å². The molecule has 1 saturated heterocycles. The van der Waals surface area contributed by atoms with Crippen LogP contribution in [0.1, 0.15) is 5.56 Å². The highest BCUT2D eigenvalue weighted by Crippen LogP contribution is 2.29. The number of nitrogens with zero attached hydrogens (tertiary/aromatic N) is 3. The van der Waals surface area contributed by atoms with Gasteiger partial charge in [0.15, 0.2) is 0 Å². The highest BCUT2D eigenvalue weighted by atomic mass is 19.4. The number of aromatic nitrogens is 1. The monoisotopic (exact) mass is 289 g/mol. The van der Waals surface area contributed by atoms with Gasteiger partial charge in [-0.25, -0.2) is 4.98 Å². The standard InChI is InChI=1S/C13H18F3N3O/c1-18-4-6-19(7-5-18)8-9-20-12-3-2-11(10-17-12)13(14,15)16/h2-3,10H,4-9H2,1H3. The number of halogens is 3. The van der Waals surface area contributed by atoms with E-state index in [9.17, 15) is 13.2 Å². The summed E-state index contributed by atoms with van der Waals surface area (Å²) in [6, 6.07) is 2.24. The van der Waals surface area contributed by atoms with Gasteiger partial charge in [0.2, 0.25) is 5.88 Å². The normalized spacial score (nSPS) is 18.2. The van der Waals surface area contributed by atoms with Crippen molar-refractivity contribution in [1.82, 2.24) is 14.8 Å². The minimum absolute atomic E-state index is 0.229. The minimum atomic E-state index is -4.36. The Morgan fingerprint density at radius 3 is 2.45 bits per heavy atom. The molecule has 20 heavy (non-hydrogen) atoms. The lowest BCUT2D eigenvalue weighted by Gasteiger charge is -2.32. The topological polar surface area (TPSA) is 28.6 Å². The van der Waals surface area contributed by atoms with Gasteiger partial charge in [0, 0.05) is 45.0 Å². The number of hydrogen-bond donors (Lipinski definition) is 0. The van der Waals surface area contributed by atoms with E-state index in [2.05, 4.69) is 21.8 Å². The third-order valence-corrected chi connectivity index (χ3v) is 3.32. The van der Waals surface area contributed by atoms with Crippen LogP contribution in [0.25, 0.3) is 0 Å². The number of ether oxygens (including phenoxy) is 1. The Kier molecular flexibility index (Phi) is 4.82. The second kappa shape index (κ2) is 6.41. The Hall–Kier alpha value is -1.34. The summed E-state index contributed by atoms with van der Waals surface area (Å²) in [7, 11) is 2.08. The maximum Gasteiger partial charge on any atom is 0.417 e. The van der Waals surface area contributed by atoms with Crippen LogP contribution in [0.2, 0.25) is 0 Å². The second-order valence-electron chi connectivity index (χ2n) is 4.88. The van der Waals surface area contributed by atoms with Gasteiger partial charge in [-0.05, 0) is 13.1 Å². The Bertz CT molecular complexity index is 414. The zero-order valence-corrected chi connectivity index (χ0v) is 11.4. The molecule has 0 atom stereocenters. The second-order valence-corrected chi connectivity index (χ2v) is 4.88. The summed E-state index contributed by atoms with van der Waals surface area (Å²) in [5.74, 6) is 0.229. The smallest absolute Gasteiger partial charge is 0.417 e. The minimum Gasteiger partial charge on any atom is -0.476 e. The quantitative estimate of drug-likeness (QED) is 0.844. The van der Waals surface area contributed by atoms with Crippen molar-refractivity contribution in [3.63, 3.8) is 0 Å². The molecule has 0 aliphatic carbocycles. The fourth-order valence-electron chi connectivity index (χ4n) is 1.98. The SMILES string of the molecule is CN1CCN(CCOc2ccc(C(F)(F)F)cn2)CC1. The molecule has 1 aliphatic rings. The molecule has 1 aromatic heterocycles. The van der Waals surface area contributed by atoms with Crippen LogP contribution in [0, 0.1) is 0 Å². The molecule has 1 fully saturated rings. The molecule has 1 aromatic rings. The molecule has 0 radical (unpaired) electrons. The molecule has 2 heterocycles. The summed E-state index contributed by atoms with van der Waals surface area (Å²) in [6.45, 7) is 5.22. The summed E-state index contributed by atoms with van der Waals surface area (Å²) in [5.41, 5.74) is -0.760. The van der Waals surface area contributed by atoms with Crippen molar-refractivity contribution < 1.29 is 17.9 Å². The average Bonchev–Trinajstić information content (AvgIpc) is 2.41. The van der Waals surface area contributed by atoms with Crippen molar-refractivity contribution in [3.8, 4) is 5.88 Å². The van der Waals surface area contributed by atoms with Crippen LogP contribution in [0.5, 0.6) is 5.88 Å². The molecule has 0 N–H and O–H groups in total. The van der Waals surface area contributed by atoms with Crippen LogP contribution in [0.3, 0.4) is 0 Å². The molecule has 4 nitrogen and oxygen atoms in total. The van der Waals surface area contributed by atoms with E-state index >= 15 is 0 Å². The van der Waals surface area contributed by atoms with Crippen LogP contribution in [0.15, 0.2) is 18.3 Å². The van der Waals surface area contributed by atoms with Crippen LogP contribution in [-0.2, 0) is 6.18 Å². The van der Waals surface area contributed by atoms with E-state index < -0.39 is 11.7 Å². The van der Waals surface area contributed by atoms with Gasteiger partial charge in [-0.2, -0.15) is 13.2 Å². The molecule has 0 saturated carbocycles. The summed E-state index contributed by atoms with van der Waals surface area (Å²) >= 11 is 0. The molecule has 2 rings (SSSR count). The molecule has 0 amide bonds. The van der Waals surface area contributed by atoms with Gasteiger partial charge in [0.25, 0.3) is 0 Å². The fourth-order valence-corrected chi connectivity index (χ4v) is 1.98. The number of pyridine rings is 1.